The first kappa shape index (κ1) is 16.5. The minimum absolute atomic E-state index is 0.0635. The predicted octanol–water partition coefficient (Wildman–Crippen LogP) is 3.33. The Kier molecular flexibility index (Phi) is 6.44. The summed E-state index contributed by atoms with van der Waals surface area (Å²) in [5.74, 6) is 0.359. The molecule has 1 aliphatic carbocycles. The third-order valence-corrected chi connectivity index (χ3v) is 4.48. The van der Waals surface area contributed by atoms with Gasteiger partial charge in [0.05, 0.1) is 0 Å². The van der Waals surface area contributed by atoms with Crippen LogP contribution in [0.5, 0.6) is 0 Å². The molecule has 1 fully saturated rings. The number of hydrogen-bond acceptors (Lipinski definition) is 2. The van der Waals surface area contributed by atoms with Crippen LogP contribution < -0.4 is 5.32 Å². The molecule has 4 nitrogen and oxygen atoms in total. The van der Waals surface area contributed by atoms with E-state index in [0.717, 1.165) is 25.7 Å². The van der Waals surface area contributed by atoms with E-state index in [-0.39, 0.29) is 12.3 Å². The molecule has 120 valence electrons. The lowest BCUT2D eigenvalue weighted by atomic mass is 9.77. The van der Waals surface area contributed by atoms with E-state index in [4.69, 9.17) is 5.11 Å². The molecule has 0 bridgehead atoms. The van der Waals surface area contributed by atoms with Gasteiger partial charge in [0, 0.05) is 19.4 Å². The number of carbonyl (C=O) groups is 2. The number of aliphatic carboxylic acids is 1. The number of carbonyl (C=O) groups excluding carboxylic acids is 1. The number of nitrogens with one attached hydrogen (secondary N) is 1. The first-order valence-electron chi connectivity index (χ1n) is 8.18. The van der Waals surface area contributed by atoms with Crippen LogP contribution in [0.1, 0.15) is 56.4 Å². The molecule has 2 rings (SSSR count). The van der Waals surface area contributed by atoms with Crippen molar-refractivity contribution >= 4 is 11.9 Å². The largest absolute Gasteiger partial charge is 0.481 e. The molecule has 4 heteroatoms. The highest BCUT2D eigenvalue weighted by molar-refractivity contribution is 5.76. The molecule has 1 saturated carbocycles. The number of amides is 1. The monoisotopic (exact) mass is 303 g/mol. The molecule has 22 heavy (non-hydrogen) atoms. The summed E-state index contributed by atoms with van der Waals surface area (Å²) in [6, 6.07) is 10.6. The number of hydrogen-bond donors (Lipinski definition) is 2. The van der Waals surface area contributed by atoms with Gasteiger partial charge < -0.3 is 10.4 Å². The molecule has 0 saturated heterocycles. The Labute approximate surface area is 131 Å². The van der Waals surface area contributed by atoms with Crippen molar-refractivity contribution in [3.05, 3.63) is 35.9 Å². The lowest BCUT2D eigenvalue weighted by Gasteiger charge is -2.28. The molecule has 1 aliphatic rings. The maximum Gasteiger partial charge on any atom is 0.303 e. The second-order valence-electron chi connectivity index (χ2n) is 6.18. The summed E-state index contributed by atoms with van der Waals surface area (Å²) in [6.45, 7) is 0.463. The highest BCUT2D eigenvalue weighted by Crippen LogP contribution is 2.36. The number of carboxylic acid groups (broad SMARTS) is 1. The number of benzene rings is 1. The molecule has 2 N–H and O–H groups in total. The highest BCUT2D eigenvalue weighted by atomic mass is 16.4. The molecule has 0 aliphatic heterocycles. The lowest BCUT2D eigenvalue weighted by Crippen LogP contribution is -2.28. The van der Waals surface area contributed by atoms with Crippen LogP contribution in [0.15, 0.2) is 30.3 Å². The van der Waals surface area contributed by atoms with E-state index < -0.39 is 5.97 Å². The fourth-order valence-electron chi connectivity index (χ4n) is 3.23. The molecule has 1 aromatic carbocycles. The van der Waals surface area contributed by atoms with Gasteiger partial charge in [-0.05, 0) is 49.5 Å². The van der Waals surface area contributed by atoms with Gasteiger partial charge in [-0.2, -0.15) is 0 Å². The summed E-state index contributed by atoms with van der Waals surface area (Å²) in [5.41, 5.74) is 1.42. The first-order valence-corrected chi connectivity index (χ1v) is 8.18. The van der Waals surface area contributed by atoms with Crippen molar-refractivity contribution < 1.29 is 14.7 Å². The zero-order valence-electron chi connectivity index (χ0n) is 13.0. The van der Waals surface area contributed by atoms with Gasteiger partial charge in [0.25, 0.3) is 0 Å². The van der Waals surface area contributed by atoms with Gasteiger partial charge in [-0.1, -0.05) is 30.3 Å². The number of carboxylic acids is 1. The van der Waals surface area contributed by atoms with Crippen LogP contribution in [0.2, 0.25) is 0 Å². The quantitative estimate of drug-likeness (QED) is 0.759. The average Bonchev–Trinajstić information content (AvgIpc) is 2.53. The van der Waals surface area contributed by atoms with Crippen molar-refractivity contribution in [2.45, 2.75) is 50.9 Å². The van der Waals surface area contributed by atoms with E-state index >= 15 is 0 Å². The molecule has 0 radical (unpaired) electrons. The van der Waals surface area contributed by atoms with Crippen LogP contribution in [0.4, 0.5) is 0 Å². The van der Waals surface area contributed by atoms with E-state index in [0.29, 0.717) is 31.2 Å². The molecular weight excluding hydrogens is 278 g/mol. The summed E-state index contributed by atoms with van der Waals surface area (Å²) < 4.78 is 0. The summed E-state index contributed by atoms with van der Waals surface area (Å²) in [6.07, 6.45) is 5.70. The van der Waals surface area contributed by atoms with Crippen LogP contribution in [-0.4, -0.2) is 23.5 Å². The van der Waals surface area contributed by atoms with Crippen molar-refractivity contribution in [2.24, 2.45) is 5.92 Å². The fraction of sp³-hybridized carbons (Fsp3) is 0.556. The molecule has 1 amide bonds. The Morgan fingerprint density at radius 1 is 1.09 bits per heavy atom. The second kappa shape index (κ2) is 8.57. The van der Waals surface area contributed by atoms with Crippen molar-refractivity contribution in [2.75, 3.05) is 6.54 Å². The van der Waals surface area contributed by atoms with Crippen LogP contribution >= 0.6 is 0 Å². The molecule has 0 aromatic heterocycles. The zero-order valence-corrected chi connectivity index (χ0v) is 13.0. The van der Waals surface area contributed by atoms with E-state index in [2.05, 4.69) is 29.6 Å². The Morgan fingerprint density at radius 2 is 1.77 bits per heavy atom. The minimum Gasteiger partial charge on any atom is -0.481 e. The van der Waals surface area contributed by atoms with E-state index in [1.165, 1.54) is 5.56 Å². The van der Waals surface area contributed by atoms with Gasteiger partial charge >= 0.3 is 5.97 Å². The Morgan fingerprint density at radius 3 is 2.41 bits per heavy atom. The normalized spacial score (nSPS) is 21.3. The zero-order chi connectivity index (χ0) is 15.8. The minimum atomic E-state index is -0.812. The smallest absolute Gasteiger partial charge is 0.303 e. The Hall–Kier alpha value is -1.84. The van der Waals surface area contributed by atoms with Gasteiger partial charge in [0.15, 0.2) is 0 Å². The molecule has 1 aromatic rings. The van der Waals surface area contributed by atoms with E-state index in [1.54, 1.807) is 0 Å². The molecule has 0 heterocycles. The topological polar surface area (TPSA) is 66.4 Å². The molecular formula is C18H25NO3. The highest BCUT2D eigenvalue weighted by Gasteiger charge is 2.23. The summed E-state index contributed by atoms with van der Waals surface area (Å²) in [4.78, 5) is 22.2. The third-order valence-electron chi connectivity index (χ3n) is 4.48. The molecule has 0 spiro atoms. The maximum absolute atomic E-state index is 11.8. The standard InChI is InChI=1S/C18H25NO3/c20-17(19-12-4-7-18(21)22)13-14-8-10-16(11-9-14)15-5-2-1-3-6-15/h1-3,5-6,14,16H,4,7-13H2,(H,19,20)(H,21,22). The summed E-state index contributed by atoms with van der Waals surface area (Å²) in [5, 5.41) is 11.4. The van der Waals surface area contributed by atoms with Crippen molar-refractivity contribution in [1.29, 1.82) is 0 Å². The van der Waals surface area contributed by atoms with Crippen LogP contribution in [0.25, 0.3) is 0 Å². The Balaban J connectivity index is 1.64. The number of rotatable bonds is 7. The first-order chi connectivity index (χ1) is 10.6. The van der Waals surface area contributed by atoms with Gasteiger partial charge in [-0.15, -0.1) is 0 Å². The fourth-order valence-corrected chi connectivity index (χ4v) is 3.23. The molecule has 0 unspecified atom stereocenters. The van der Waals surface area contributed by atoms with Crippen molar-refractivity contribution in [3.8, 4) is 0 Å². The summed E-state index contributed by atoms with van der Waals surface area (Å²) >= 11 is 0. The van der Waals surface area contributed by atoms with Crippen molar-refractivity contribution in [1.82, 2.24) is 5.32 Å². The molecule has 0 atom stereocenters. The third kappa shape index (κ3) is 5.51. The maximum atomic E-state index is 11.8. The second-order valence-corrected chi connectivity index (χ2v) is 6.18. The van der Waals surface area contributed by atoms with Crippen LogP contribution in [0, 0.1) is 5.92 Å². The average molecular weight is 303 g/mol. The predicted molar refractivity (Wildman–Crippen MR) is 85.6 cm³/mol. The van der Waals surface area contributed by atoms with Crippen LogP contribution in [0.3, 0.4) is 0 Å². The Bertz CT molecular complexity index is 478. The lowest BCUT2D eigenvalue weighted by molar-refractivity contribution is -0.137. The van der Waals surface area contributed by atoms with Crippen molar-refractivity contribution in [3.63, 3.8) is 0 Å². The van der Waals surface area contributed by atoms with Gasteiger partial charge in [0.2, 0.25) is 5.91 Å². The van der Waals surface area contributed by atoms with Crippen LogP contribution in [-0.2, 0) is 9.59 Å². The van der Waals surface area contributed by atoms with Gasteiger partial charge in [-0.25, -0.2) is 0 Å². The van der Waals surface area contributed by atoms with Gasteiger partial charge in [0.1, 0.15) is 0 Å². The van der Waals surface area contributed by atoms with E-state index in [1.807, 2.05) is 6.07 Å². The summed E-state index contributed by atoms with van der Waals surface area (Å²) in [7, 11) is 0. The SMILES string of the molecule is O=C(O)CCCNC(=O)CC1CCC(c2ccccc2)CC1. The van der Waals surface area contributed by atoms with Gasteiger partial charge in [-0.3, -0.25) is 9.59 Å². The van der Waals surface area contributed by atoms with E-state index in [9.17, 15) is 9.59 Å².